The van der Waals surface area contributed by atoms with Crippen molar-refractivity contribution in [1.29, 1.82) is 5.26 Å². The lowest BCUT2D eigenvalue weighted by Gasteiger charge is -2.09. The van der Waals surface area contributed by atoms with E-state index in [1.165, 1.54) is 0 Å². The van der Waals surface area contributed by atoms with Crippen LogP contribution in [0.2, 0.25) is 0 Å². The molecule has 4 N–H and O–H groups in total. The van der Waals surface area contributed by atoms with E-state index in [1.54, 1.807) is 17.8 Å². The number of para-hydroxylation sites is 1. The van der Waals surface area contributed by atoms with Crippen molar-refractivity contribution >= 4 is 35.8 Å². The molecule has 0 aliphatic rings. The summed E-state index contributed by atoms with van der Waals surface area (Å²) in [6, 6.07) is 11.7. The van der Waals surface area contributed by atoms with E-state index < -0.39 is 0 Å². The molecule has 0 aliphatic carbocycles. The summed E-state index contributed by atoms with van der Waals surface area (Å²) in [5.41, 5.74) is 8.09. The summed E-state index contributed by atoms with van der Waals surface area (Å²) < 4.78 is 1.62. The van der Waals surface area contributed by atoms with Crippen LogP contribution >= 0.6 is 24.0 Å². The third-order valence-electron chi connectivity index (χ3n) is 3.63. The number of nitrogens with zero attached hydrogens (tertiary/aromatic N) is 4. The lowest BCUT2D eigenvalue weighted by molar-refractivity contribution is 0.728. The molecule has 8 heteroatoms. The van der Waals surface area contributed by atoms with Crippen LogP contribution in [0.3, 0.4) is 0 Å². The van der Waals surface area contributed by atoms with Gasteiger partial charge in [-0.3, -0.25) is 4.99 Å². The van der Waals surface area contributed by atoms with Crippen molar-refractivity contribution in [3.63, 3.8) is 0 Å². The third kappa shape index (κ3) is 5.49. The number of hydrogen-bond acceptors (Lipinski definition) is 4. The highest BCUT2D eigenvalue weighted by Crippen LogP contribution is 2.21. The number of nitrogens with two attached hydrogens (primary N) is 1. The fourth-order valence-electron chi connectivity index (χ4n) is 2.39. The first kappa shape index (κ1) is 21.5. The number of aromatic nitrogens is 2. The van der Waals surface area contributed by atoms with E-state index in [1.807, 2.05) is 30.3 Å². The number of guanidine groups is 1. The van der Waals surface area contributed by atoms with Crippen LogP contribution in [-0.4, -0.2) is 35.9 Å². The van der Waals surface area contributed by atoms with Gasteiger partial charge < -0.3 is 16.4 Å². The Morgan fingerprint density at radius 2 is 2.12 bits per heavy atom. The number of nitriles is 1. The van der Waals surface area contributed by atoms with Crippen LogP contribution in [0, 0.1) is 11.3 Å². The molecular formula is C18H24IN7. The number of benzene rings is 1. The van der Waals surface area contributed by atoms with Gasteiger partial charge in [-0.2, -0.15) is 10.4 Å². The minimum Gasteiger partial charge on any atom is -0.382 e. The first-order chi connectivity index (χ1) is 12.2. The van der Waals surface area contributed by atoms with Gasteiger partial charge in [-0.25, -0.2) is 4.68 Å². The lowest BCUT2D eigenvalue weighted by Crippen LogP contribution is -2.37. The number of aliphatic imine (C=N–C) groups is 1. The molecule has 0 unspecified atom stereocenters. The van der Waals surface area contributed by atoms with Crippen LogP contribution in [0.4, 0.5) is 5.82 Å². The van der Waals surface area contributed by atoms with Crippen LogP contribution in [0.5, 0.6) is 0 Å². The van der Waals surface area contributed by atoms with Crippen molar-refractivity contribution in [2.75, 3.05) is 25.9 Å². The van der Waals surface area contributed by atoms with E-state index in [4.69, 9.17) is 5.73 Å². The van der Waals surface area contributed by atoms with Gasteiger partial charge in [-0.05, 0) is 25.0 Å². The largest absolute Gasteiger partial charge is 0.382 e. The van der Waals surface area contributed by atoms with E-state index >= 15 is 0 Å². The SMILES string of the molecule is C=CCNC(=NC)NCCCc1nn(-c2ccccc2)c(N)c1C#N.I. The van der Waals surface area contributed by atoms with E-state index in [0.717, 1.165) is 18.1 Å². The molecule has 1 aromatic heterocycles. The molecule has 2 rings (SSSR count). The van der Waals surface area contributed by atoms with Crippen LogP contribution in [0.25, 0.3) is 5.69 Å². The zero-order valence-electron chi connectivity index (χ0n) is 14.8. The highest BCUT2D eigenvalue weighted by molar-refractivity contribution is 14.0. The van der Waals surface area contributed by atoms with Gasteiger partial charge in [0.2, 0.25) is 0 Å². The summed E-state index contributed by atoms with van der Waals surface area (Å²) in [7, 11) is 1.72. The predicted molar refractivity (Wildman–Crippen MR) is 116 cm³/mol. The molecule has 7 nitrogen and oxygen atoms in total. The molecule has 2 aromatic rings. The Hall–Kier alpha value is -2.54. The second kappa shape index (κ2) is 11.1. The van der Waals surface area contributed by atoms with Gasteiger partial charge in [0.05, 0.1) is 11.4 Å². The van der Waals surface area contributed by atoms with E-state index in [-0.39, 0.29) is 24.0 Å². The maximum Gasteiger partial charge on any atom is 0.191 e. The minimum atomic E-state index is 0. The Morgan fingerprint density at radius 3 is 2.73 bits per heavy atom. The molecule has 0 saturated heterocycles. The maximum absolute atomic E-state index is 9.40. The van der Waals surface area contributed by atoms with E-state index in [2.05, 4.69) is 33.4 Å². The summed E-state index contributed by atoms with van der Waals surface area (Å²) in [6.07, 6.45) is 3.22. The number of hydrogen-bond donors (Lipinski definition) is 3. The first-order valence-electron chi connectivity index (χ1n) is 8.09. The topological polar surface area (TPSA) is 104 Å². The molecule has 0 saturated carbocycles. The first-order valence-corrected chi connectivity index (χ1v) is 8.09. The molecule has 0 aliphatic heterocycles. The van der Waals surface area contributed by atoms with Gasteiger partial charge in [0.1, 0.15) is 17.5 Å². The average molecular weight is 465 g/mol. The molecule has 0 fully saturated rings. The van der Waals surface area contributed by atoms with Gasteiger partial charge in [0.15, 0.2) is 5.96 Å². The zero-order valence-corrected chi connectivity index (χ0v) is 17.1. The normalized spacial score (nSPS) is 10.5. The monoisotopic (exact) mass is 465 g/mol. The molecule has 1 aromatic carbocycles. The minimum absolute atomic E-state index is 0. The highest BCUT2D eigenvalue weighted by atomic mass is 127. The van der Waals surface area contributed by atoms with Crippen molar-refractivity contribution < 1.29 is 0 Å². The maximum atomic E-state index is 9.40. The Kier molecular flexibility index (Phi) is 9.22. The van der Waals surface area contributed by atoms with Gasteiger partial charge in [0.25, 0.3) is 0 Å². The zero-order chi connectivity index (χ0) is 18.1. The van der Waals surface area contributed by atoms with Crippen LogP contribution in [-0.2, 0) is 6.42 Å². The Labute approximate surface area is 171 Å². The van der Waals surface area contributed by atoms with Crippen molar-refractivity contribution in [1.82, 2.24) is 20.4 Å². The number of aryl methyl sites for hydroxylation is 1. The van der Waals surface area contributed by atoms with Crippen LogP contribution in [0.1, 0.15) is 17.7 Å². The number of nitrogens with one attached hydrogen (secondary N) is 2. The lowest BCUT2D eigenvalue weighted by atomic mass is 10.1. The number of anilines is 1. The summed E-state index contributed by atoms with van der Waals surface area (Å²) >= 11 is 0. The summed E-state index contributed by atoms with van der Waals surface area (Å²) in [4.78, 5) is 4.12. The van der Waals surface area contributed by atoms with Gasteiger partial charge in [-0.1, -0.05) is 24.3 Å². The molecule has 0 bridgehead atoms. The van der Waals surface area contributed by atoms with E-state index in [0.29, 0.717) is 36.6 Å². The van der Waals surface area contributed by atoms with Gasteiger partial charge in [0, 0.05) is 20.1 Å². The summed E-state index contributed by atoms with van der Waals surface area (Å²) in [6.45, 7) is 5.02. The van der Waals surface area contributed by atoms with Crippen LogP contribution in [0.15, 0.2) is 48.0 Å². The summed E-state index contributed by atoms with van der Waals surface area (Å²) in [5, 5.41) is 20.2. The Morgan fingerprint density at radius 1 is 1.38 bits per heavy atom. The molecule has 138 valence electrons. The van der Waals surface area contributed by atoms with Crippen LogP contribution < -0.4 is 16.4 Å². The quantitative estimate of drug-likeness (QED) is 0.191. The molecule has 1 heterocycles. The fraction of sp³-hybridized carbons (Fsp3) is 0.278. The number of rotatable bonds is 7. The van der Waals surface area contributed by atoms with Crippen molar-refractivity contribution in [3.05, 3.63) is 54.2 Å². The average Bonchev–Trinajstić information content (AvgIpc) is 2.97. The smallest absolute Gasteiger partial charge is 0.191 e. The Bertz CT molecular complexity index is 775. The summed E-state index contributed by atoms with van der Waals surface area (Å²) in [5.74, 6) is 1.09. The Balaban J connectivity index is 0.00000338. The van der Waals surface area contributed by atoms with Gasteiger partial charge >= 0.3 is 0 Å². The van der Waals surface area contributed by atoms with Crippen molar-refractivity contribution in [3.8, 4) is 11.8 Å². The number of nitrogen functional groups attached to an aromatic ring is 1. The van der Waals surface area contributed by atoms with Crippen molar-refractivity contribution in [2.24, 2.45) is 4.99 Å². The second-order valence-corrected chi connectivity index (χ2v) is 5.34. The second-order valence-electron chi connectivity index (χ2n) is 5.34. The third-order valence-corrected chi connectivity index (χ3v) is 3.63. The predicted octanol–water partition coefficient (Wildman–Crippen LogP) is 2.23. The van der Waals surface area contributed by atoms with Gasteiger partial charge in [-0.15, -0.1) is 30.6 Å². The highest BCUT2D eigenvalue weighted by Gasteiger charge is 2.16. The standard InChI is InChI=1S/C18H23N7.HI/c1-3-11-22-18(21-2)23-12-7-10-16-15(13-19)17(20)25(24-16)14-8-5-4-6-9-14;/h3-6,8-9H,1,7,10-12,20H2,2H3,(H2,21,22,23);1H. The molecule has 0 atom stereocenters. The molecule has 0 amide bonds. The fourth-order valence-corrected chi connectivity index (χ4v) is 2.39. The molecule has 26 heavy (non-hydrogen) atoms. The molecule has 0 spiro atoms. The molecule has 0 radical (unpaired) electrons. The van der Waals surface area contributed by atoms with E-state index in [9.17, 15) is 5.26 Å². The number of halogens is 1. The molecular weight excluding hydrogens is 441 g/mol. The van der Waals surface area contributed by atoms with Crippen molar-refractivity contribution in [2.45, 2.75) is 12.8 Å².